The maximum Gasteiger partial charge on any atom is 0.270 e. The van der Waals surface area contributed by atoms with E-state index in [-0.39, 0.29) is 17.9 Å². The molecule has 0 saturated carbocycles. The molecular formula is C22H29N3O2S2. The number of nitrogens with zero attached hydrogens (tertiary/aromatic N) is 1. The van der Waals surface area contributed by atoms with Crippen molar-refractivity contribution in [1.29, 1.82) is 0 Å². The summed E-state index contributed by atoms with van der Waals surface area (Å²) in [6, 6.07) is 10.1. The Kier molecular flexibility index (Phi) is 7.08. The second kappa shape index (κ2) is 9.94. The minimum Gasteiger partial charge on any atom is -0.353 e. The first-order valence-corrected chi connectivity index (χ1v) is 13.0. The van der Waals surface area contributed by atoms with Gasteiger partial charge < -0.3 is 15.2 Å². The lowest BCUT2D eigenvalue weighted by Gasteiger charge is -2.32. The molecule has 0 bridgehead atoms. The summed E-state index contributed by atoms with van der Waals surface area (Å²) in [5, 5.41) is 5.03. The zero-order chi connectivity index (χ0) is 20.1. The van der Waals surface area contributed by atoms with Gasteiger partial charge in [0.25, 0.3) is 5.91 Å². The fraction of sp³-hybridized carbons (Fsp3) is 0.545. The number of unbranched alkanes of at least 4 members (excludes halogenated alkanes) is 1. The molecule has 2 saturated heterocycles. The van der Waals surface area contributed by atoms with Crippen molar-refractivity contribution >= 4 is 44.3 Å². The van der Waals surface area contributed by atoms with Crippen LogP contribution in [0.25, 0.3) is 10.9 Å². The third-order valence-electron chi connectivity index (χ3n) is 5.81. The Morgan fingerprint density at radius 1 is 1.14 bits per heavy atom. The van der Waals surface area contributed by atoms with Crippen molar-refractivity contribution in [2.45, 2.75) is 56.2 Å². The van der Waals surface area contributed by atoms with Crippen LogP contribution in [0.1, 0.15) is 55.4 Å². The zero-order valence-electron chi connectivity index (χ0n) is 16.7. The maximum absolute atomic E-state index is 12.8. The summed E-state index contributed by atoms with van der Waals surface area (Å²) in [6.45, 7) is 1.38. The molecule has 1 aromatic carbocycles. The summed E-state index contributed by atoms with van der Waals surface area (Å²) in [5.41, 5.74) is 1.63. The number of benzene rings is 1. The van der Waals surface area contributed by atoms with E-state index in [1.807, 2.05) is 56.8 Å². The number of para-hydroxylation sites is 1. The van der Waals surface area contributed by atoms with Gasteiger partial charge in [-0.3, -0.25) is 9.59 Å². The van der Waals surface area contributed by atoms with E-state index in [4.69, 9.17) is 0 Å². The van der Waals surface area contributed by atoms with Crippen LogP contribution in [0.15, 0.2) is 30.3 Å². The van der Waals surface area contributed by atoms with Gasteiger partial charge in [0.15, 0.2) is 0 Å². The van der Waals surface area contributed by atoms with E-state index in [1.54, 1.807) is 0 Å². The van der Waals surface area contributed by atoms with Crippen molar-refractivity contribution < 1.29 is 9.59 Å². The Balaban J connectivity index is 1.17. The Bertz CT molecular complexity index is 806. The molecular weight excluding hydrogens is 402 g/mol. The fourth-order valence-electron chi connectivity index (χ4n) is 4.11. The van der Waals surface area contributed by atoms with Crippen molar-refractivity contribution in [3.63, 3.8) is 0 Å². The van der Waals surface area contributed by atoms with Gasteiger partial charge >= 0.3 is 0 Å². The number of fused-ring (bicyclic) bond motifs is 1. The Morgan fingerprint density at radius 2 is 1.97 bits per heavy atom. The van der Waals surface area contributed by atoms with Crippen molar-refractivity contribution in [2.24, 2.45) is 0 Å². The van der Waals surface area contributed by atoms with Crippen molar-refractivity contribution in [2.75, 3.05) is 18.8 Å². The monoisotopic (exact) mass is 431 g/mol. The van der Waals surface area contributed by atoms with Crippen molar-refractivity contribution in [1.82, 2.24) is 15.2 Å². The summed E-state index contributed by atoms with van der Waals surface area (Å²) in [4.78, 5) is 30.1. The molecule has 4 rings (SSSR count). The predicted octanol–water partition coefficient (Wildman–Crippen LogP) is 4.60. The van der Waals surface area contributed by atoms with Crippen LogP contribution in [0.4, 0.5) is 0 Å². The second-order valence-corrected chi connectivity index (χ2v) is 10.8. The van der Waals surface area contributed by atoms with Gasteiger partial charge in [-0.05, 0) is 44.2 Å². The van der Waals surface area contributed by atoms with Crippen LogP contribution in [0.5, 0.6) is 0 Å². The summed E-state index contributed by atoms with van der Waals surface area (Å²) in [7, 11) is 3.99. The molecule has 0 aliphatic carbocycles. The van der Waals surface area contributed by atoms with E-state index in [0.29, 0.717) is 25.2 Å². The number of hydrogen-bond acceptors (Lipinski definition) is 4. The van der Waals surface area contributed by atoms with E-state index in [0.717, 1.165) is 41.8 Å². The SMILES string of the molecule is O=C(CCCCC1CCSS1)NC1CCN(C(=O)c2cc3ccccc3[nH]2)CC1. The average Bonchev–Trinajstić information content (AvgIpc) is 3.41. The molecule has 0 radical (unpaired) electrons. The number of hydrogen-bond donors (Lipinski definition) is 2. The number of aromatic nitrogens is 1. The molecule has 2 fully saturated rings. The number of piperidine rings is 1. The average molecular weight is 432 g/mol. The van der Waals surface area contributed by atoms with E-state index in [1.165, 1.54) is 18.6 Å². The number of carbonyl (C=O) groups excluding carboxylic acids is 2. The highest BCUT2D eigenvalue weighted by Gasteiger charge is 2.25. The van der Waals surface area contributed by atoms with E-state index < -0.39 is 0 Å². The molecule has 1 aromatic heterocycles. The highest BCUT2D eigenvalue weighted by atomic mass is 33.1. The molecule has 1 unspecified atom stereocenters. The summed E-state index contributed by atoms with van der Waals surface area (Å²) < 4.78 is 0. The smallest absolute Gasteiger partial charge is 0.270 e. The number of aromatic amines is 1. The minimum atomic E-state index is 0.0499. The highest BCUT2D eigenvalue weighted by molar-refractivity contribution is 8.77. The number of amides is 2. The van der Waals surface area contributed by atoms with Crippen LogP contribution in [0.2, 0.25) is 0 Å². The third-order valence-corrected chi connectivity index (χ3v) is 8.82. The van der Waals surface area contributed by atoms with Crippen LogP contribution in [0, 0.1) is 0 Å². The van der Waals surface area contributed by atoms with E-state index in [2.05, 4.69) is 10.3 Å². The van der Waals surface area contributed by atoms with Gasteiger partial charge in [0, 0.05) is 47.5 Å². The molecule has 5 nitrogen and oxygen atoms in total. The molecule has 0 spiro atoms. The van der Waals surface area contributed by atoms with Gasteiger partial charge in [0.1, 0.15) is 5.69 Å². The van der Waals surface area contributed by atoms with Crippen molar-refractivity contribution in [3.8, 4) is 0 Å². The number of H-pyrrole nitrogens is 1. The molecule has 3 heterocycles. The first kappa shape index (κ1) is 20.7. The molecule has 2 aromatic rings. The largest absolute Gasteiger partial charge is 0.353 e. The van der Waals surface area contributed by atoms with Gasteiger partial charge in [-0.25, -0.2) is 0 Å². The lowest BCUT2D eigenvalue weighted by atomic mass is 10.0. The standard InChI is InChI=1S/C22H29N3O2S2/c26-21(8-4-2-6-18-11-14-28-29-18)23-17-9-12-25(13-10-17)22(27)20-15-16-5-1-3-7-19(16)24-20/h1,3,5,7,15,17-18,24H,2,4,6,8-14H2,(H,23,26). The normalized spacial score (nSPS) is 20.3. The van der Waals surface area contributed by atoms with E-state index in [9.17, 15) is 9.59 Å². The molecule has 7 heteroatoms. The van der Waals surface area contributed by atoms with Crippen LogP contribution in [-0.4, -0.2) is 51.8 Å². The van der Waals surface area contributed by atoms with Crippen molar-refractivity contribution in [3.05, 3.63) is 36.0 Å². The van der Waals surface area contributed by atoms with Crippen LogP contribution in [-0.2, 0) is 4.79 Å². The first-order chi connectivity index (χ1) is 14.2. The molecule has 156 valence electrons. The van der Waals surface area contributed by atoms with Crippen LogP contribution in [0.3, 0.4) is 0 Å². The molecule has 2 amide bonds. The highest BCUT2D eigenvalue weighted by Crippen LogP contribution is 2.39. The third kappa shape index (κ3) is 5.51. The van der Waals surface area contributed by atoms with Crippen LogP contribution < -0.4 is 5.32 Å². The fourth-order valence-corrected chi connectivity index (χ4v) is 7.14. The molecule has 2 aliphatic heterocycles. The van der Waals surface area contributed by atoms with Gasteiger partial charge in [0.2, 0.25) is 5.91 Å². The first-order valence-electron chi connectivity index (χ1n) is 10.6. The van der Waals surface area contributed by atoms with Crippen LogP contribution >= 0.6 is 21.6 Å². The van der Waals surface area contributed by atoms with Gasteiger partial charge in [-0.1, -0.05) is 46.2 Å². The minimum absolute atomic E-state index is 0.0499. The summed E-state index contributed by atoms with van der Waals surface area (Å²) in [5.74, 6) is 1.49. The Morgan fingerprint density at radius 3 is 2.72 bits per heavy atom. The quantitative estimate of drug-likeness (QED) is 0.497. The maximum atomic E-state index is 12.8. The Labute approximate surface area is 180 Å². The molecule has 2 N–H and O–H groups in total. The number of nitrogens with one attached hydrogen (secondary N) is 2. The second-order valence-electron chi connectivity index (χ2n) is 7.98. The number of carbonyl (C=O) groups is 2. The predicted molar refractivity (Wildman–Crippen MR) is 122 cm³/mol. The topological polar surface area (TPSA) is 65.2 Å². The molecule has 1 atom stereocenters. The van der Waals surface area contributed by atoms with E-state index >= 15 is 0 Å². The Hall–Kier alpha value is -1.60. The lowest BCUT2D eigenvalue weighted by Crippen LogP contribution is -2.46. The molecule has 29 heavy (non-hydrogen) atoms. The van der Waals surface area contributed by atoms with Gasteiger partial charge in [-0.15, -0.1) is 0 Å². The lowest BCUT2D eigenvalue weighted by molar-refractivity contribution is -0.122. The molecule has 2 aliphatic rings. The zero-order valence-corrected chi connectivity index (χ0v) is 18.3. The number of rotatable bonds is 7. The summed E-state index contributed by atoms with van der Waals surface area (Å²) in [6.07, 6.45) is 6.95. The van der Waals surface area contributed by atoms with Gasteiger partial charge in [0.05, 0.1) is 0 Å². The number of likely N-dealkylation sites (tertiary alicyclic amines) is 1. The summed E-state index contributed by atoms with van der Waals surface area (Å²) >= 11 is 0. The van der Waals surface area contributed by atoms with Gasteiger partial charge in [-0.2, -0.15) is 0 Å².